The quantitative estimate of drug-likeness (QED) is 0.280. The number of aromatic nitrogens is 5. The van der Waals surface area contributed by atoms with Crippen molar-refractivity contribution in [3.8, 4) is 33.8 Å². The van der Waals surface area contributed by atoms with Gasteiger partial charge in [-0.1, -0.05) is 31.2 Å². The maximum Gasteiger partial charge on any atom is 0.123 e. The van der Waals surface area contributed by atoms with Crippen molar-refractivity contribution in [3.05, 3.63) is 90.6 Å². The lowest BCUT2D eigenvalue weighted by atomic mass is 10.0. The molecule has 4 aromatic heterocycles. The number of halogens is 1. The minimum absolute atomic E-state index is 0.245. The molecule has 172 valence electrons. The highest BCUT2D eigenvalue weighted by Crippen LogP contribution is 2.34. The number of aromatic amines is 2. The van der Waals surface area contributed by atoms with Crippen LogP contribution in [0.25, 0.3) is 55.6 Å². The van der Waals surface area contributed by atoms with Crippen LogP contribution in [0.4, 0.5) is 4.39 Å². The Kier molecular flexibility index (Phi) is 5.31. The van der Waals surface area contributed by atoms with Crippen LogP contribution >= 0.6 is 0 Å². The standard InChI is InChI=1S/C28H23FN6/c1-2-30-13-17-10-19(15-31-14-17)25-12-23-27(16-32-25)34-35-28(23)26-11-22-21(4-3-5-24(22)33-26)18-6-8-20(29)9-7-18/h3-12,14-16,30,33H,2,13H2,1H3,(H,34,35). The van der Waals surface area contributed by atoms with Crippen LogP contribution in [0, 0.1) is 5.82 Å². The number of fused-ring (bicyclic) bond motifs is 2. The summed E-state index contributed by atoms with van der Waals surface area (Å²) in [5, 5.41) is 13.1. The molecular weight excluding hydrogens is 439 g/mol. The van der Waals surface area contributed by atoms with Crippen molar-refractivity contribution in [2.75, 3.05) is 6.54 Å². The summed E-state index contributed by atoms with van der Waals surface area (Å²) >= 11 is 0. The molecule has 0 aliphatic heterocycles. The van der Waals surface area contributed by atoms with Gasteiger partial charge in [-0.05, 0) is 59.6 Å². The van der Waals surface area contributed by atoms with E-state index >= 15 is 0 Å². The second-order valence-corrected chi connectivity index (χ2v) is 8.51. The zero-order valence-corrected chi connectivity index (χ0v) is 19.1. The van der Waals surface area contributed by atoms with Crippen molar-refractivity contribution >= 4 is 21.8 Å². The van der Waals surface area contributed by atoms with Gasteiger partial charge < -0.3 is 10.3 Å². The van der Waals surface area contributed by atoms with Crippen LogP contribution in [0.2, 0.25) is 0 Å². The van der Waals surface area contributed by atoms with Gasteiger partial charge in [0, 0.05) is 40.8 Å². The van der Waals surface area contributed by atoms with Crippen LogP contribution in [0.15, 0.2) is 79.3 Å². The number of hydrogen-bond acceptors (Lipinski definition) is 4. The summed E-state index contributed by atoms with van der Waals surface area (Å²) in [4.78, 5) is 12.5. The highest BCUT2D eigenvalue weighted by atomic mass is 19.1. The van der Waals surface area contributed by atoms with E-state index < -0.39 is 0 Å². The van der Waals surface area contributed by atoms with Crippen LogP contribution < -0.4 is 5.32 Å². The molecule has 6 nitrogen and oxygen atoms in total. The Bertz CT molecular complexity index is 1650. The maximum atomic E-state index is 13.5. The van der Waals surface area contributed by atoms with E-state index in [0.717, 1.165) is 74.2 Å². The fourth-order valence-corrected chi connectivity index (χ4v) is 4.44. The smallest absolute Gasteiger partial charge is 0.123 e. The predicted octanol–water partition coefficient (Wildman–Crippen LogP) is 6.08. The van der Waals surface area contributed by atoms with Gasteiger partial charge in [-0.2, -0.15) is 5.10 Å². The first-order valence-electron chi connectivity index (χ1n) is 11.6. The zero-order chi connectivity index (χ0) is 23.8. The Hall–Kier alpha value is -4.36. The number of hydrogen-bond donors (Lipinski definition) is 3. The van der Waals surface area contributed by atoms with E-state index in [-0.39, 0.29) is 5.82 Å². The molecule has 0 aliphatic rings. The second-order valence-electron chi connectivity index (χ2n) is 8.51. The molecular formula is C28H23FN6. The zero-order valence-electron chi connectivity index (χ0n) is 19.1. The van der Waals surface area contributed by atoms with E-state index in [0.29, 0.717) is 0 Å². The number of nitrogens with zero attached hydrogens (tertiary/aromatic N) is 3. The molecule has 0 fully saturated rings. The first-order valence-corrected chi connectivity index (χ1v) is 11.6. The maximum absolute atomic E-state index is 13.5. The summed E-state index contributed by atoms with van der Waals surface area (Å²) in [6.07, 6.45) is 5.52. The average molecular weight is 463 g/mol. The SMILES string of the molecule is CCNCc1cncc(-c2cc3c(-c4cc5c(-c6ccc(F)cc6)cccc5[nH]4)n[nH]c3cn2)c1. The van der Waals surface area contributed by atoms with Crippen molar-refractivity contribution < 1.29 is 4.39 Å². The van der Waals surface area contributed by atoms with E-state index in [2.05, 4.69) is 55.6 Å². The van der Waals surface area contributed by atoms with Gasteiger partial charge in [0.1, 0.15) is 11.5 Å². The molecule has 0 saturated carbocycles. The average Bonchev–Trinajstić information content (AvgIpc) is 3.51. The number of rotatable bonds is 6. The van der Waals surface area contributed by atoms with Crippen molar-refractivity contribution in [2.45, 2.75) is 13.5 Å². The van der Waals surface area contributed by atoms with Gasteiger partial charge in [0.25, 0.3) is 0 Å². The van der Waals surface area contributed by atoms with E-state index in [9.17, 15) is 4.39 Å². The van der Waals surface area contributed by atoms with Gasteiger partial charge in [0.05, 0.1) is 23.1 Å². The Morgan fingerprint density at radius 1 is 0.886 bits per heavy atom. The minimum Gasteiger partial charge on any atom is -0.353 e. The highest BCUT2D eigenvalue weighted by Gasteiger charge is 2.15. The molecule has 0 bridgehead atoms. The van der Waals surface area contributed by atoms with Gasteiger partial charge in [0.15, 0.2) is 0 Å². The summed E-state index contributed by atoms with van der Waals surface area (Å²) in [7, 11) is 0. The molecule has 6 aromatic rings. The number of H-pyrrole nitrogens is 2. The molecule has 0 spiro atoms. The van der Waals surface area contributed by atoms with E-state index in [4.69, 9.17) is 0 Å². The molecule has 0 unspecified atom stereocenters. The lowest BCUT2D eigenvalue weighted by Crippen LogP contribution is -2.11. The van der Waals surface area contributed by atoms with E-state index in [1.165, 1.54) is 12.1 Å². The Labute approximate surface area is 201 Å². The number of pyridine rings is 2. The van der Waals surface area contributed by atoms with Crippen LogP contribution in [-0.4, -0.2) is 31.7 Å². The summed E-state index contributed by atoms with van der Waals surface area (Å²) < 4.78 is 13.5. The van der Waals surface area contributed by atoms with Crippen molar-refractivity contribution in [1.82, 2.24) is 30.5 Å². The van der Waals surface area contributed by atoms with Gasteiger partial charge in [-0.15, -0.1) is 0 Å². The van der Waals surface area contributed by atoms with Crippen molar-refractivity contribution in [3.63, 3.8) is 0 Å². The van der Waals surface area contributed by atoms with Crippen molar-refractivity contribution in [1.29, 1.82) is 0 Å². The van der Waals surface area contributed by atoms with Gasteiger partial charge in [-0.25, -0.2) is 4.39 Å². The number of nitrogens with one attached hydrogen (secondary N) is 3. The molecule has 7 heteroatoms. The first kappa shape index (κ1) is 21.2. The summed E-state index contributed by atoms with van der Waals surface area (Å²) in [6.45, 7) is 3.75. The van der Waals surface area contributed by atoms with E-state index in [1.54, 1.807) is 12.1 Å². The molecule has 0 amide bonds. The fraction of sp³-hybridized carbons (Fsp3) is 0.107. The monoisotopic (exact) mass is 462 g/mol. The molecule has 35 heavy (non-hydrogen) atoms. The van der Waals surface area contributed by atoms with Crippen LogP contribution in [0.5, 0.6) is 0 Å². The third-order valence-electron chi connectivity index (χ3n) is 6.19. The fourth-order valence-electron chi connectivity index (χ4n) is 4.44. The third kappa shape index (κ3) is 3.96. The molecule has 2 aromatic carbocycles. The summed E-state index contributed by atoms with van der Waals surface area (Å²) in [6, 6.07) is 18.9. The normalized spacial score (nSPS) is 11.5. The lowest BCUT2D eigenvalue weighted by molar-refractivity contribution is 0.628. The van der Waals surface area contributed by atoms with Gasteiger partial charge in [-0.3, -0.25) is 15.1 Å². The topological polar surface area (TPSA) is 82.3 Å². The molecule has 0 atom stereocenters. The lowest BCUT2D eigenvalue weighted by Gasteiger charge is -2.05. The molecule has 6 rings (SSSR count). The molecule has 0 aliphatic carbocycles. The predicted molar refractivity (Wildman–Crippen MR) is 137 cm³/mol. The Balaban J connectivity index is 1.43. The van der Waals surface area contributed by atoms with Gasteiger partial charge in [0.2, 0.25) is 0 Å². The van der Waals surface area contributed by atoms with Crippen LogP contribution in [0.3, 0.4) is 0 Å². The highest BCUT2D eigenvalue weighted by molar-refractivity contribution is 6.01. The molecule has 3 N–H and O–H groups in total. The molecule has 4 heterocycles. The first-order chi connectivity index (χ1) is 17.2. The Morgan fingerprint density at radius 2 is 1.77 bits per heavy atom. The molecule has 0 radical (unpaired) electrons. The largest absolute Gasteiger partial charge is 0.353 e. The summed E-state index contributed by atoms with van der Waals surface area (Å²) in [5.74, 6) is -0.245. The Morgan fingerprint density at radius 3 is 2.63 bits per heavy atom. The van der Waals surface area contributed by atoms with E-state index in [1.807, 2.05) is 36.8 Å². The van der Waals surface area contributed by atoms with Crippen LogP contribution in [-0.2, 0) is 6.54 Å². The number of benzene rings is 2. The third-order valence-corrected chi connectivity index (χ3v) is 6.19. The molecule has 0 saturated heterocycles. The summed E-state index contributed by atoms with van der Waals surface area (Å²) in [5.41, 5.74) is 8.49. The minimum atomic E-state index is -0.245. The van der Waals surface area contributed by atoms with Crippen LogP contribution in [0.1, 0.15) is 12.5 Å². The second kappa shape index (κ2) is 8.77. The van der Waals surface area contributed by atoms with Gasteiger partial charge >= 0.3 is 0 Å². The van der Waals surface area contributed by atoms with Crippen molar-refractivity contribution in [2.24, 2.45) is 0 Å².